The molecule has 101 valence electrons. The Balaban J connectivity index is -0.0000000257. The van der Waals surface area contributed by atoms with Gasteiger partial charge < -0.3 is 60.3 Å². The first-order valence-electron chi connectivity index (χ1n) is 2.96. The standard InChI is InChI=1S/2BH3O3.2BO3.Mn.Zr/c4*2-1(3)4;;/h2*2-4H;;;;/q;;2*-3;+2;+4. The number of hydrogen-bond donors (Lipinski definition) is 6. The van der Waals surface area contributed by atoms with Crippen LogP contribution in [0.3, 0.4) is 0 Å². The number of hydrogen-bond acceptors (Lipinski definition) is 12. The van der Waals surface area contributed by atoms with Crippen molar-refractivity contribution in [2.24, 2.45) is 0 Å². The molecule has 0 rings (SSSR count). The van der Waals surface area contributed by atoms with Crippen LogP contribution in [0.25, 0.3) is 0 Å². The SMILES string of the molecule is OB(O)O.OB(O)O.[Mn+2].[O-]B([O-])[O-].[O-]B([O-])[O-].[Zr+4]. The minimum atomic E-state index is -2.92. The van der Waals surface area contributed by atoms with Crippen LogP contribution in [0.1, 0.15) is 0 Å². The molecular weight excluding hydrogens is 381 g/mol. The fraction of sp³-hybridized carbons (Fsp3) is 0. The summed E-state index contributed by atoms with van der Waals surface area (Å²) in [4.78, 5) is 0. The molecule has 0 heterocycles. The zero-order valence-electron chi connectivity index (χ0n) is 8.32. The van der Waals surface area contributed by atoms with E-state index in [4.69, 9.17) is 60.3 Å². The van der Waals surface area contributed by atoms with Crippen molar-refractivity contribution in [2.45, 2.75) is 0 Å². The van der Waals surface area contributed by atoms with Gasteiger partial charge in [0, 0.05) is 0 Å². The molecule has 18 heavy (non-hydrogen) atoms. The maximum absolute atomic E-state index is 8.42. The van der Waals surface area contributed by atoms with E-state index in [1.807, 2.05) is 0 Å². The summed E-state index contributed by atoms with van der Waals surface area (Å²) in [6, 6.07) is 0. The Morgan fingerprint density at radius 1 is 0.500 bits per heavy atom. The summed E-state index contributed by atoms with van der Waals surface area (Å²) in [7, 11) is -10.2. The molecule has 0 aliphatic carbocycles. The van der Waals surface area contributed by atoms with Gasteiger partial charge in [-0.05, 0) is 0 Å². The first-order chi connectivity index (χ1) is 6.93. The van der Waals surface area contributed by atoms with Gasteiger partial charge in [-0.25, -0.2) is 0 Å². The number of rotatable bonds is 0. The zero-order chi connectivity index (χ0) is 14.3. The van der Waals surface area contributed by atoms with Gasteiger partial charge in [0.2, 0.25) is 0 Å². The first-order valence-corrected chi connectivity index (χ1v) is 2.96. The van der Waals surface area contributed by atoms with Crippen LogP contribution in [0.5, 0.6) is 0 Å². The normalized spacial score (nSPS) is 6.00. The van der Waals surface area contributed by atoms with Gasteiger partial charge in [0.05, 0.1) is 0 Å². The van der Waals surface area contributed by atoms with Crippen LogP contribution < -0.4 is 30.1 Å². The van der Waals surface area contributed by atoms with Crippen molar-refractivity contribution in [1.29, 1.82) is 0 Å². The summed E-state index contributed by atoms with van der Waals surface area (Å²) in [6.07, 6.45) is 0. The Labute approximate surface area is 132 Å². The molecule has 0 atom stereocenters. The van der Waals surface area contributed by atoms with Crippen LogP contribution in [0.4, 0.5) is 0 Å². The molecule has 0 saturated carbocycles. The fourth-order valence-electron chi connectivity index (χ4n) is 0. The summed E-state index contributed by atoms with van der Waals surface area (Å²) in [5.74, 6) is 0. The predicted octanol–water partition coefficient (Wildman–Crippen LogP) is -12.0. The van der Waals surface area contributed by atoms with Gasteiger partial charge in [-0.3, -0.25) is 14.6 Å². The third-order valence-electron chi connectivity index (χ3n) is 0. The maximum Gasteiger partial charge on any atom is 4.00 e. The third kappa shape index (κ3) is 3220. The zero-order valence-corrected chi connectivity index (χ0v) is 12.0. The van der Waals surface area contributed by atoms with Crippen LogP contribution in [0.15, 0.2) is 0 Å². The topological polar surface area (TPSA) is 260 Å². The van der Waals surface area contributed by atoms with Gasteiger partial charge in [-0.1, -0.05) is 0 Å². The van der Waals surface area contributed by atoms with E-state index in [1.54, 1.807) is 0 Å². The van der Waals surface area contributed by atoms with E-state index in [2.05, 4.69) is 0 Å². The smallest absolute Gasteiger partial charge is 0.907 e. The van der Waals surface area contributed by atoms with Crippen LogP contribution in [0, 0.1) is 0 Å². The molecule has 0 unspecified atom stereocenters. The molecule has 0 fully saturated rings. The van der Waals surface area contributed by atoms with E-state index >= 15 is 0 Å². The van der Waals surface area contributed by atoms with Crippen molar-refractivity contribution in [3.63, 3.8) is 0 Å². The van der Waals surface area contributed by atoms with E-state index in [0.29, 0.717) is 0 Å². The molecule has 0 aliphatic rings. The minimum absolute atomic E-state index is 0. The summed E-state index contributed by atoms with van der Waals surface area (Å²) in [5.41, 5.74) is 0. The Bertz CT molecular complexity index is 67.1. The van der Waals surface area contributed by atoms with Gasteiger partial charge >= 0.3 is 57.9 Å². The van der Waals surface area contributed by atoms with Crippen LogP contribution in [-0.2, 0) is 43.3 Å². The molecule has 0 bridgehead atoms. The van der Waals surface area contributed by atoms with Crippen molar-refractivity contribution < 1.29 is 104 Å². The summed E-state index contributed by atoms with van der Waals surface area (Å²) >= 11 is 0. The maximum atomic E-state index is 8.42. The Hall–Kier alpha value is 1.18. The monoisotopic (exact) mass is 387 g/mol. The molecule has 18 heteroatoms. The second-order valence-corrected chi connectivity index (χ2v) is 1.27. The van der Waals surface area contributed by atoms with E-state index in [1.165, 1.54) is 0 Å². The van der Waals surface area contributed by atoms with Crippen LogP contribution in [-0.4, -0.2) is 59.4 Å². The van der Waals surface area contributed by atoms with Crippen LogP contribution >= 0.6 is 0 Å². The Morgan fingerprint density at radius 3 is 0.500 bits per heavy atom. The van der Waals surface area contributed by atoms with Crippen molar-refractivity contribution in [2.75, 3.05) is 0 Å². The van der Waals surface area contributed by atoms with Gasteiger partial charge in [0.15, 0.2) is 0 Å². The largest absolute Gasteiger partial charge is 4.00 e. The van der Waals surface area contributed by atoms with Crippen molar-refractivity contribution in [3.05, 3.63) is 0 Å². The third-order valence-corrected chi connectivity index (χ3v) is 0. The molecule has 0 aromatic carbocycles. The predicted molar refractivity (Wildman–Crippen MR) is 36.3 cm³/mol. The molecule has 0 aromatic heterocycles. The second-order valence-electron chi connectivity index (χ2n) is 1.27. The summed E-state index contributed by atoms with van der Waals surface area (Å²) in [6.45, 7) is 0. The van der Waals surface area contributed by atoms with Gasteiger partial charge in [0.1, 0.15) is 0 Å². The van der Waals surface area contributed by atoms with Crippen LogP contribution in [0.2, 0.25) is 0 Å². The fourth-order valence-corrected chi connectivity index (χ4v) is 0. The molecule has 0 spiro atoms. The van der Waals surface area contributed by atoms with Crippen molar-refractivity contribution in [1.82, 2.24) is 0 Å². The van der Waals surface area contributed by atoms with Gasteiger partial charge in [0.25, 0.3) is 0 Å². The Kier molecular flexibility index (Phi) is 62.6. The van der Waals surface area contributed by atoms with E-state index in [9.17, 15) is 0 Å². The summed E-state index contributed by atoms with van der Waals surface area (Å²) < 4.78 is 0. The molecule has 6 N–H and O–H groups in total. The van der Waals surface area contributed by atoms with E-state index in [0.717, 1.165) is 0 Å². The first kappa shape index (κ1) is 36.5. The molecule has 1 radical (unpaired) electrons. The van der Waals surface area contributed by atoms with Gasteiger partial charge in [-0.15, -0.1) is 0 Å². The van der Waals surface area contributed by atoms with Crippen molar-refractivity contribution >= 4 is 29.3 Å². The molecule has 0 amide bonds. The molecule has 12 nitrogen and oxygen atoms in total. The van der Waals surface area contributed by atoms with E-state index < -0.39 is 29.3 Å². The average Bonchev–Trinajstić information content (AvgIpc) is 1.76. The average molecular weight is 387 g/mol. The summed E-state index contributed by atoms with van der Waals surface area (Å²) in [5, 5.41) is 93.5. The quantitative estimate of drug-likeness (QED) is 0.212. The molecule has 0 saturated heterocycles. The van der Waals surface area contributed by atoms with Gasteiger partial charge in [-0.2, -0.15) is 0 Å². The van der Waals surface area contributed by atoms with E-state index in [-0.39, 0.29) is 43.3 Å². The Morgan fingerprint density at radius 2 is 0.500 bits per heavy atom. The van der Waals surface area contributed by atoms with Crippen molar-refractivity contribution in [3.8, 4) is 0 Å². The second kappa shape index (κ2) is 30.9. The molecular formula is H6B4MnO12Zr. The molecule has 0 aromatic rings. The molecule has 0 aliphatic heterocycles. The minimum Gasteiger partial charge on any atom is -0.907 e.